The van der Waals surface area contributed by atoms with Crippen molar-refractivity contribution in [2.45, 2.75) is 87.5 Å². The Kier molecular flexibility index (Phi) is 7.59. The third kappa shape index (κ3) is 5.19. The Labute approximate surface area is 232 Å². The van der Waals surface area contributed by atoms with Crippen LogP contribution in [0.25, 0.3) is 0 Å². The number of fused-ring (bicyclic) bond motifs is 5. The smallest absolute Gasteiger partial charge is 0.338 e. The lowest BCUT2D eigenvalue weighted by molar-refractivity contribution is -0.373. The maximum absolute atomic E-state index is 13.3. The Bertz CT molecular complexity index is 1150. The van der Waals surface area contributed by atoms with E-state index in [1.807, 2.05) is 36.4 Å². The number of carbonyl (C=O) groups excluding carboxylic acids is 1. The van der Waals surface area contributed by atoms with Crippen LogP contribution in [0.4, 0.5) is 0 Å². The SMILES string of the molecule is CCCCOC1C(OC(=O)c2ccccc2)[C@H](OC2C3O[C@H]3C3OC[C@H]2O3)OC2COC(c3ccccc3)O[C@H]21. The van der Waals surface area contributed by atoms with Crippen molar-refractivity contribution in [3.05, 3.63) is 71.8 Å². The average Bonchev–Trinajstić information content (AvgIpc) is 3.69. The van der Waals surface area contributed by atoms with Gasteiger partial charge in [0.2, 0.25) is 0 Å². The summed E-state index contributed by atoms with van der Waals surface area (Å²) < 4.78 is 55.6. The van der Waals surface area contributed by atoms with Gasteiger partial charge in [-0.05, 0) is 18.6 Å². The number of esters is 1. The van der Waals surface area contributed by atoms with E-state index in [9.17, 15) is 4.79 Å². The van der Waals surface area contributed by atoms with Crippen molar-refractivity contribution in [3.63, 3.8) is 0 Å². The predicted octanol–water partition coefficient (Wildman–Crippen LogP) is 3.14. The Morgan fingerprint density at radius 2 is 1.57 bits per heavy atom. The van der Waals surface area contributed by atoms with Crippen LogP contribution in [0, 0.1) is 0 Å². The van der Waals surface area contributed by atoms with Crippen LogP contribution in [0.5, 0.6) is 0 Å². The monoisotopic (exact) mass is 554 g/mol. The van der Waals surface area contributed by atoms with Crippen molar-refractivity contribution >= 4 is 5.97 Å². The standard InChI is InChI=1S/C30H34O10/c1-2-3-14-32-23-21-19(15-33-28(39-21)18-12-8-5-9-13-18)36-30(25(23)38-27(31)17-10-6-4-7-11-17)40-22-20-16-34-29(35-20)26-24(22)37-26/h4-13,19-26,28-30H,2-3,14-16H2,1H3/t19?,20-,21-,22?,23?,24?,25?,26-,28?,29?,30+/m1/s1. The van der Waals surface area contributed by atoms with Crippen LogP contribution < -0.4 is 0 Å². The summed E-state index contributed by atoms with van der Waals surface area (Å²) in [6, 6.07) is 18.6. The molecule has 0 amide bonds. The molecular formula is C30H34O10. The molecule has 5 aliphatic rings. The summed E-state index contributed by atoms with van der Waals surface area (Å²) in [4.78, 5) is 13.3. The number of hydrogen-bond acceptors (Lipinski definition) is 10. The van der Waals surface area contributed by atoms with E-state index in [-0.39, 0.29) is 31.2 Å². The molecule has 0 N–H and O–H groups in total. The maximum atomic E-state index is 13.3. The van der Waals surface area contributed by atoms with Crippen LogP contribution in [0.2, 0.25) is 0 Å². The van der Waals surface area contributed by atoms with Crippen molar-refractivity contribution in [2.24, 2.45) is 0 Å². The van der Waals surface area contributed by atoms with E-state index in [4.69, 9.17) is 42.6 Å². The van der Waals surface area contributed by atoms with Crippen molar-refractivity contribution in [2.75, 3.05) is 19.8 Å². The lowest BCUT2D eigenvalue weighted by atomic mass is 9.96. The molecule has 7 rings (SSSR count). The van der Waals surface area contributed by atoms with E-state index in [1.165, 1.54) is 0 Å². The first-order chi connectivity index (χ1) is 19.7. The molecule has 2 aromatic rings. The first kappa shape index (κ1) is 26.5. The van der Waals surface area contributed by atoms with Gasteiger partial charge in [0.25, 0.3) is 0 Å². The highest BCUT2D eigenvalue weighted by atomic mass is 16.8. The van der Waals surface area contributed by atoms with E-state index in [0.717, 1.165) is 18.4 Å². The first-order valence-electron chi connectivity index (χ1n) is 14.1. The molecule has 2 bridgehead atoms. The van der Waals surface area contributed by atoms with E-state index < -0.39 is 49.1 Å². The number of unbranched alkanes of at least 4 members (excludes halogenated alkanes) is 1. The molecule has 2 aromatic carbocycles. The van der Waals surface area contributed by atoms with E-state index >= 15 is 0 Å². The van der Waals surface area contributed by atoms with Gasteiger partial charge in [-0.3, -0.25) is 0 Å². The molecule has 10 heteroatoms. The molecule has 0 aliphatic carbocycles. The number of ether oxygens (including phenoxy) is 9. The second-order valence-electron chi connectivity index (χ2n) is 10.7. The van der Waals surface area contributed by atoms with Gasteiger partial charge in [0.15, 0.2) is 25.0 Å². The molecule has 214 valence electrons. The Balaban J connectivity index is 1.18. The highest BCUT2D eigenvalue weighted by molar-refractivity contribution is 5.89. The van der Waals surface area contributed by atoms with E-state index in [1.54, 1.807) is 24.3 Å². The summed E-state index contributed by atoms with van der Waals surface area (Å²) in [5.74, 6) is -0.498. The third-order valence-electron chi connectivity index (χ3n) is 7.96. The van der Waals surface area contributed by atoms with Crippen LogP contribution in [-0.4, -0.2) is 87.2 Å². The Morgan fingerprint density at radius 3 is 2.38 bits per heavy atom. The normalized spacial score (nSPS) is 39.7. The minimum atomic E-state index is -0.961. The number of rotatable bonds is 9. The van der Waals surface area contributed by atoms with Gasteiger partial charge in [-0.25, -0.2) is 4.79 Å². The molecule has 0 aromatic heterocycles. The highest BCUT2D eigenvalue weighted by Crippen LogP contribution is 2.45. The van der Waals surface area contributed by atoms with Gasteiger partial charge >= 0.3 is 5.97 Å². The van der Waals surface area contributed by atoms with Crippen LogP contribution >= 0.6 is 0 Å². The second kappa shape index (κ2) is 11.5. The molecule has 5 fully saturated rings. The minimum absolute atomic E-state index is 0.168. The van der Waals surface area contributed by atoms with Gasteiger partial charge in [-0.1, -0.05) is 61.9 Å². The van der Waals surface area contributed by atoms with Gasteiger partial charge in [0.1, 0.15) is 42.7 Å². The molecule has 5 heterocycles. The summed E-state index contributed by atoms with van der Waals surface area (Å²) in [6.45, 7) is 3.22. The zero-order chi connectivity index (χ0) is 27.1. The summed E-state index contributed by atoms with van der Waals surface area (Å²) in [5.41, 5.74) is 1.31. The van der Waals surface area contributed by atoms with E-state index in [0.29, 0.717) is 18.8 Å². The number of hydrogen-bond donors (Lipinski definition) is 0. The molecule has 0 spiro atoms. The summed E-state index contributed by atoms with van der Waals surface area (Å²) in [6.07, 6.45) is -3.87. The maximum Gasteiger partial charge on any atom is 0.338 e. The van der Waals surface area contributed by atoms with Crippen molar-refractivity contribution < 1.29 is 47.4 Å². The fourth-order valence-corrected chi connectivity index (χ4v) is 5.82. The Morgan fingerprint density at radius 1 is 0.800 bits per heavy atom. The topological polar surface area (TPSA) is 103 Å². The summed E-state index contributed by atoms with van der Waals surface area (Å²) in [5, 5.41) is 0. The van der Waals surface area contributed by atoms with Crippen LogP contribution in [-0.2, 0) is 42.6 Å². The highest BCUT2D eigenvalue weighted by Gasteiger charge is 2.64. The molecule has 10 nitrogen and oxygen atoms in total. The van der Waals surface area contributed by atoms with Gasteiger partial charge in [-0.15, -0.1) is 0 Å². The lowest BCUT2D eigenvalue weighted by Gasteiger charge is -2.49. The molecule has 5 saturated heterocycles. The van der Waals surface area contributed by atoms with Gasteiger partial charge in [0.05, 0.1) is 18.8 Å². The molecule has 5 aliphatic heterocycles. The van der Waals surface area contributed by atoms with Gasteiger partial charge < -0.3 is 42.6 Å². The number of epoxide rings is 1. The number of carbonyl (C=O) groups is 1. The Hall–Kier alpha value is -2.41. The molecule has 40 heavy (non-hydrogen) atoms. The summed E-state index contributed by atoms with van der Waals surface area (Å²) >= 11 is 0. The fraction of sp³-hybridized carbons (Fsp3) is 0.567. The third-order valence-corrected chi connectivity index (χ3v) is 7.96. The second-order valence-corrected chi connectivity index (χ2v) is 10.7. The molecule has 0 radical (unpaired) electrons. The van der Waals surface area contributed by atoms with Crippen molar-refractivity contribution in [1.29, 1.82) is 0 Å². The quantitative estimate of drug-likeness (QED) is 0.261. The molecular weight excluding hydrogens is 520 g/mol. The predicted molar refractivity (Wildman–Crippen MR) is 137 cm³/mol. The van der Waals surface area contributed by atoms with Crippen LogP contribution in [0.1, 0.15) is 42.0 Å². The van der Waals surface area contributed by atoms with Crippen LogP contribution in [0.3, 0.4) is 0 Å². The van der Waals surface area contributed by atoms with Crippen molar-refractivity contribution in [1.82, 2.24) is 0 Å². The first-order valence-corrected chi connectivity index (χ1v) is 14.1. The molecule has 7 unspecified atom stereocenters. The zero-order valence-corrected chi connectivity index (χ0v) is 22.2. The fourth-order valence-electron chi connectivity index (χ4n) is 5.82. The minimum Gasteiger partial charge on any atom is -0.450 e. The summed E-state index contributed by atoms with van der Waals surface area (Å²) in [7, 11) is 0. The van der Waals surface area contributed by atoms with Crippen molar-refractivity contribution in [3.8, 4) is 0 Å². The zero-order valence-electron chi connectivity index (χ0n) is 22.2. The van der Waals surface area contributed by atoms with Crippen LogP contribution in [0.15, 0.2) is 60.7 Å². The number of benzene rings is 2. The van der Waals surface area contributed by atoms with Gasteiger partial charge in [0, 0.05) is 12.2 Å². The molecule has 0 saturated carbocycles. The van der Waals surface area contributed by atoms with E-state index in [2.05, 4.69) is 6.92 Å². The lowest BCUT2D eigenvalue weighted by Crippen LogP contribution is -2.65. The average molecular weight is 555 g/mol. The largest absolute Gasteiger partial charge is 0.450 e. The van der Waals surface area contributed by atoms with Gasteiger partial charge in [-0.2, -0.15) is 0 Å². The molecule has 11 atom stereocenters.